The summed E-state index contributed by atoms with van der Waals surface area (Å²) in [5.74, 6) is 0.891. The van der Waals surface area contributed by atoms with Gasteiger partial charge >= 0.3 is 0 Å². The minimum absolute atomic E-state index is 0. The average Bonchev–Trinajstić information content (AvgIpc) is 2.90. The maximum Gasteiger partial charge on any atom is 0.236 e. The number of thioether (sulfide) groups is 1. The number of nitrogens with two attached hydrogens (primary N) is 1. The highest BCUT2D eigenvalue weighted by atomic mass is 35.5. The predicted molar refractivity (Wildman–Crippen MR) is 90.0 cm³/mol. The quantitative estimate of drug-likeness (QED) is 0.909. The van der Waals surface area contributed by atoms with Crippen LogP contribution in [-0.2, 0) is 11.2 Å². The van der Waals surface area contributed by atoms with Gasteiger partial charge in [0.1, 0.15) is 0 Å². The van der Waals surface area contributed by atoms with Gasteiger partial charge in [-0.15, -0.1) is 24.2 Å². The van der Waals surface area contributed by atoms with Crippen LogP contribution in [0.4, 0.5) is 0 Å². The van der Waals surface area contributed by atoms with Gasteiger partial charge in [0, 0.05) is 24.0 Å². The molecule has 1 aromatic carbocycles. The molecule has 1 saturated heterocycles. The first-order valence-electron chi connectivity index (χ1n) is 7.44. The summed E-state index contributed by atoms with van der Waals surface area (Å²) >= 11 is 1.73. The Morgan fingerprint density at radius 3 is 2.62 bits per heavy atom. The summed E-state index contributed by atoms with van der Waals surface area (Å²) < 4.78 is 0. The number of benzene rings is 1. The third-order valence-electron chi connectivity index (χ3n) is 4.52. The number of piperidine rings is 1. The summed E-state index contributed by atoms with van der Waals surface area (Å²) in [4.78, 5) is 15.9. The van der Waals surface area contributed by atoms with Gasteiger partial charge in [0.25, 0.3) is 0 Å². The topological polar surface area (TPSA) is 46.3 Å². The number of halogens is 1. The van der Waals surface area contributed by atoms with Crippen LogP contribution in [0.15, 0.2) is 29.2 Å². The fraction of sp³-hybridized carbons (Fsp3) is 0.562. The Kier molecular flexibility index (Phi) is 5.58. The largest absolute Gasteiger partial charge is 0.342 e. The second-order valence-corrected chi connectivity index (χ2v) is 7.18. The van der Waals surface area contributed by atoms with Crippen molar-refractivity contribution in [3.05, 3.63) is 29.8 Å². The fourth-order valence-corrected chi connectivity index (χ4v) is 4.45. The van der Waals surface area contributed by atoms with E-state index in [1.165, 1.54) is 10.5 Å². The molecular formula is C16H23ClN2OS. The fourth-order valence-electron chi connectivity index (χ4n) is 3.17. The van der Waals surface area contributed by atoms with E-state index in [4.69, 9.17) is 5.73 Å². The first kappa shape index (κ1) is 16.7. The standard InChI is InChI=1S/C16H22N2OS.ClH/c1-11(17)12-6-8-18(9-7-12)16(19)15-10-13-4-2-3-5-14(13)20-15;/h2-5,11-12,15H,6-10,17H2,1H3;1H. The van der Waals surface area contributed by atoms with E-state index in [2.05, 4.69) is 25.1 Å². The molecule has 3 nitrogen and oxygen atoms in total. The molecule has 2 heterocycles. The zero-order valence-electron chi connectivity index (χ0n) is 12.3. The van der Waals surface area contributed by atoms with Crippen molar-refractivity contribution in [2.45, 2.75) is 42.4 Å². The normalized spacial score (nSPS) is 23.3. The van der Waals surface area contributed by atoms with Crippen LogP contribution >= 0.6 is 24.2 Å². The minimum atomic E-state index is 0. The number of hydrogen-bond donors (Lipinski definition) is 1. The summed E-state index contributed by atoms with van der Waals surface area (Å²) in [5.41, 5.74) is 7.28. The van der Waals surface area contributed by atoms with E-state index >= 15 is 0 Å². The first-order valence-corrected chi connectivity index (χ1v) is 8.32. The molecule has 0 spiro atoms. The Hall–Kier alpha value is -0.710. The minimum Gasteiger partial charge on any atom is -0.342 e. The van der Waals surface area contributed by atoms with Gasteiger partial charge in [0.05, 0.1) is 5.25 Å². The van der Waals surface area contributed by atoms with E-state index in [-0.39, 0.29) is 23.7 Å². The molecule has 1 amide bonds. The lowest BCUT2D eigenvalue weighted by molar-refractivity contribution is -0.132. The molecule has 0 saturated carbocycles. The van der Waals surface area contributed by atoms with Crippen molar-refractivity contribution >= 4 is 30.1 Å². The lowest BCUT2D eigenvalue weighted by Crippen LogP contribution is -2.45. The number of nitrogens with zero attached hydrogens (tertiary/aromatic N) is 1. The number of fused-ring (bicyclic) bond motifs is 1. The summed E-state index contributed by atoms with van der Waals surface area (Å²) in [5, 5.41) is 0.0826. The zero-order chi connectivity index (χ0) is 14.1. The number of rotatable bonds is 2. The molecule has 5 heteroatoms. The Morgan fingerprint density at radius 2 is 2.00 bits per heavy atom. The molecule has 3 rings (SSSR count). The van der Waals surface area contributed by atoms with Crippen LogP contribution in [0, 0.1) is 5.92 Å². The van der Waals surface area contributed by atoms with Crippen molar-refractivity contribution in [1.82, 2.24) is 4.90 Å². The second-order valence-electron chi connectivity index (χ2n) is 5.94. The van der Waals surface area contributed by atoms with E-state index in [1.807, 2.05) is 11.0 Å². The lowest BCUT2D eigenvalue weighted by atomic mass is 9.91. The number of carbonyl (C=O) groups is 1. The maximum absolute atomic E-state index is 12.6. The van der Waals surface area contributed by atoms with Crippen LogP contribution < -0.4 is 5.73 Å². The van der Waals surface area contributed by atoms with Gasteiger partial charge in [-0.2, -0.15) is 0 Å². The molecule has 2 atom stereocenters. The summed E-state index contributed by atoms with van der Waals surface area (Å²) in [6.07, 6.45) is 2.98. The predicted octanol–water partition coefficient (Wildman–Crippen LogP) is 2.71. The molecule has 21 heavy (non-hydrogen) atoms. The van der Waals surface area contributed by atoms with E-state index in [1.54, 1.807) is 11.8 Å². The Morgan fingerprint density at radius 1 is 1.33 bits per heavy atom. The maximum atomic E-state index is 12.6. The number of likely N-dealkylation sites (tertiary alicyclic amines) is 1. The number of hydrogen-bond acceptors (Lipinski definition) is 3. The summed E-state index contributed by atoms with van der Waals surface area (Å²) in [7, 11) is 0. The van der Waals surface area contributed by atoms with Crippen LogP contribution in [0.2, 0.25) is 0 Å². The molecule has 0 bridgehead atoms. The molecule has 2 aliphatic heterocycles. The molecule has 0 aliphatic carbocycles. The second kappa shape index (κ2) is 7.03. The smallest absolute Gasteiger partial charge is 0.236 e. The molecule has 1 aromatic rings. The molecule has 0 aromatic heterocycles. The van der Waals surface area contributed by atoms with Gasteiger partial charge < -0.3 is 10.6 Å². The van der Waals surface area contributed by atoms with Crippen LogP contribution in [0.3, 0.4) is 0 Å². The van der Waals surface area contributed by atoms with Crippen LogP contribution in [0.5, 0.6) is 0 Å². The van der Waals surface area contributed by atoms with Crippen molar-refractivity contribution in [3.63, 3.8) is 0 Å². The third kappa shape index (κ3) is 3.55. The van der Waals surface area contributed by atoms with Crippen molar-refractivity contribution in [2.24, 2.45) is 11.7 Å². The van der Waals surface area contributed by atoms with Crippen LogP contribution in [0.1, 0.15) is 25.3 Å². The van der Waals surface area contributed by atoms with Gasteiger partial charge in [0.15, 0.2) is 0 Å². The number of amides is 1. The van der Waals surface area contributed by atoms with Crippen molar-refractivity contribution in [3.8, 4) is 0 Å². The van der Waals surface area contributed by atoms with Gasteiger partial charge in [-0.05, 0) is 43.7 Å². The molecule has 1 fully saturated rings. The Balaban J connectivity index is 0.00000161. The molecule has 116 valence electrons. The highest BCUT2D eigenvalue weighted by Gasteiger charge is 2.33. The lowest BCUT2D eigenvalue weighted by Gasteiger charge is -2.34. The van der Waals surface area contributed by atoms with Crippen LogP contribution in [-0.4, -0.2) is 35.2 Å². The molecule has 2 unspecified atom stereocenters. The van der Waals surface area contributed by atoms with Crippen molar-refractivity contribution < 1.29 is 4.79 Å². The Bertz CT molecular complexity index is 476. The zero-order valence-corrected chi connectivity index (χ0v) is 14.0. The monoisotopic (exact) mass is 326 g/mol. The van der Waals surface area contributed by atoms with Gasteiger partial charge in [-0.25, -0.2) is 0 Å². The molecule has 2 aliphatic rings. The summed E-state index contributed by atoms with van der Waals surface area (Å²) in [6, 6.07) is 8.61. The SMILES string of the molecule is CC(N)C1CCN(C(=O)C2Cc3ccccc3S2)CC1.Cl. The van der Waals surface area contributed by atoms with Gasteiger partial charge in [-0.1, -0.05) is 18.2 Å². The molecular weight excluding hydrogens is 304 g/mol. The number of carbonyl (C=O) groups excluding carboxylic acids is 1. The van der Waals surface area contributed by atoms with Crippen LogP contribution in [0.25, 0.3) is 0 Å². The third-order valence-corrected chi connectivity index (χ3v) is 5.82. The Labute approximate surface area is 137 Å². The van der Waals surface area contributed by atoms with Gasteiger partial charge in [-0.3, -0.25) is 4.79 Å². The van der Waals surface area contributed by atoms with Crippen molar-refractivity contribution in [1.29, 1.82) is 0 Å². The first-order chi connectivity index (χ1) is 9.65. The van der Waals surface area contributed by atoms with E-state index in [0.717, 1.165) is 32.4 Å². The molecule has 2 N–H and O–H groups in total. The van der Waals surface area contributed by atoms with E-state index in [0.29, 0.717) is 11.8 Å². The highest BCUT2D eigenvalue weighted by molar-refractivity contribution is 8.01. The van der Waals surface area contributed by atoms with Crippen molar-refractivity contribution in [2.75, 3.05) is 13.1 Å². The average molecular weight is 327 g/mol. The van der Waals surface area contributed by atoms with Gasteiger partial charge in [0.2, 0.25) is 5.91 Å². The summed E-state index contributed by atoms with van der Waals surface area (Å²) in [6.45, 7) is 3.82. The molecule has 0 radical (unpaired) electrons. The van der Waals surface area contributed by atoms with E-state index in [9.17, 15) is 4.79 Å². The highest BCUT2D eigenvalue weighted by Crippen LogP contribution is 2.38. The van der Waals surface area contributed by atoms with E-state index < -0.39 is 0 Å².